The van der Waals surface area contributed by atoms with Crippen LogP contribution in [0.3, 0.4) is 0 Å². The maximum atomic E-state index is 12.3. The number of thiazole rings is 1. The normalized spacial score (nSPS) is 11.2. The molecule has 0 aliphatic carbocycles. The summed E-state index contributed by atoms with van der Waals surface area (Å²) in [6.07, 6.45) is 0.867. The lowest BCUT2D eigenvalue weighted by molar-refractivity contribution is 0.0951. The number of halogens is 1. The molecule has 0 bridgehead atoms. The van der Waals surface area contributed by atoms with E-state index in [1.807, 2.05) is 57.1 Å². The lowest BCUT2D eigenvalue weighted by atomic mass is 10.1. The Hall–Kier alpha value is -1.72. The number of amides is 1. The van der Waals surface area contributed by atoms with E-state index in [-0.39, 0.29) is 29.9 Å². The smallest absolute Gasteiger partial charge is 0.251 e. The second-order valence-electron chi connectivity index (χ2n) is 7.38. The number of hydrogen-bond acceptors (Lipinski definition) is 5. The maximum absolute atomic E-state index is 12.3. The van der Waals surface area contributed by atoms with Gasteiger partial charge in [-0.3, -0.25) is 4.79 Å². The molecule has 0 spiro atoms. The molecular weight excluding hydrogens is 523 g/mol. The fourth-order valence-corrected chi connectivity index (χ4v) is 3.69. The van der Waals surface area contributed by atoms with E-state index in [1.54, 1.807) is 11.3 Å². The lowest BCUT2D eigenvalue weighted by Gasteiger charge is -2.12. The molecule has 3 N–H and O–H groups in total. The number of benzene rings is 1. The number of carbonyl (C=O) groups excluding carboxylic acids is 1. The van der Waals surface area contributed by atoms with Crippen molar-refractivity contribution in [1.29, 1.82) is 0 Å². The van der Waals surface area contributed by atoms with Gasteiger partial charge in [0.15, 0.2) is 5.96 Å². The number of carbonyl (C=O) groups is 1. The zero-order valence-electron chi connectivity index (χ0n) is 19.1. The van der Waals surface area contributed by atoms with Crippen LogP contribution in [0.2, 0.25) is 0 Å². The largest absolute Gasteiger partial charge is 0.357 e. The first-order valence-corrected chi connectivity index (χ1v) is 11.2. The fourth-order valence-electron chi connectivity index (χ4n) is 2.75. The number of aliphatic imine (C=N–C) groups is 1. The van der Waals surface area contributed by atoms with Crippen LogP contribution in [-0.4, -0.2) is 62.0 Å². The molecule has 0 fully saturated rings. The summed E-state index contributed by atoms with van der Waals surface area (Å²) < 4.78 is 0. The van der Waals surface area contributed by atoms with Crippen LogP contribution in [0.1, 0.15) is 38.4 Å². The molecule has 0 aliphatic heterocycles. The van der Waals surface area contributed by atoms with Crippen LogP contribution in [0.15, 0.2) is 29.3 Å². The first-order valence-electron chi connectivity index (χ1n) is 10.4. The number of aryl methyl sites for hydroxylation is 2. The summed E-state index contributed by atoms with van der Waals surface area (Å²) in [6.45, 7) is 9.70. The molecule has 0 atom stereocenters. The van der Waals surface area contributed by atoms with E-state index < -0.39 is 0 Å². The Morgan fingerprint density at radius 2 is 1.94 bits per heavy atom. The van der Waals surface area contributed by atoms with E-state index in [9.17, 15) is 4.79 Å². The number of nitrogens with one attached hydrogen (secondary N) is 3. The number of rotatable bonds is 10. The third-order valence-corrected chi connectivity index (χ3v) is 5.63. The van der Waals surface area contributed by atoms with Crippen molar-refractivity contribution in [2.24, 2.45) is 4.99 Å². The number of likely N-dealkylation sites (N-methyl/N-ethyl adjacent to an activating group) is 1. The first kappa shape index (κ1) is 27.3. The summed E-state index contributed by atoms with van der Waals surface area (Å²) in [6, 6.07) is 7.63. The van der Waals surface area contributed by atoms with Gasteiger partial charge in [0.2, 0.25) is 0 Å². The van der Waals surface area contributed by atoms with E-state index in [0.29, 0.717) is 18.7 Å². The van der Waals surface area contributed by atoms with Gasteiger partial charge in [0, 0.05) is 43.0 Å². The van der Waals surface area contributed by atoms with Crippen LogP contribution in [0.4, 0.5) is 0 Å². The van der Waals surface area contributed by atoms with Crippen LogP contribution >= 0.6 is 35.3 Å². The van der Waals surface area contributed by atoms with Crippen LogP contribution < -0.4 is 16.0 Å². The number of aromatic nitrogens is 1. The van der Waals surface area contributed by atoms with Crippen molar-refractivity contribution in [3.63, 3.8) is 0 Å². The quantitative estimate of drug-likeness (QED) is 0.238. The minimum absolute atomic E-state index is 0. The van der Waals surface area contributed by atoms with Crippen LogP contribution in [0.25, 0.3) is 0 Å². The van der Waals surface area contributed by atoms with Gasteiger partial charge in [-0.15, -0.1) is 35.3 Å². The van der Waals surface area contributed by atoms with Crippen molar-refractivity contribution in [1.82, 2.24) is 25.8 Å². The van der Waals surface area contributed by atoms with Crippen molar-refractivity contribution in [2.45, 2.75) is 33.7 Å². The molecule has 31 heavy (non-hydrogen) atoms. The molecule has 0 unspecified atom stereocenters. The van der Waals surface area contributed by atoms with Crippen LogP contribution in [0, 0.1) is 13.8 Å². The summed E-state index contributed by atoms with van der Waals surface area (Å²) in [4.78, 5) is 24.9. The van der Waals surface area contributed by atoms with Crippen molar-refractivity contribution in [3.8, 4) is 0 Å². The molecule has 7 nitrogen and oxygen atoms in total. The Morgan fingerprint density at radius 1 is 1.16 bits per heavy atom. The Morgan fingerprint density at radius 3 is 2.58 bits per heavy atom. The molecule has 2 rings (SSSR count). The van der Waals surface area contributed by atoms with Gasteiger partial charge >= 0.3 is 0 Å². The first-order chi connectivity index (χ1) is 14.4. The van der Waals surface area contributed by atoms with Crippen molar-refractivity contribution < 1.29 is 4.79 Å². The summed E-state index contributed by atoms with van der Waals surface area (Å²) in [7, 11) is 3.97. The minimum atomic E-state index is -0.0539. The second kappa shape index (κ2) is 14.4. The van der Waals surface area contributed by atoms with Gasteiger partial charge in [-0.1, -0.05) is 12.1 Å². The van der Waals surface area contributed by atoms with Crippen molar-refractivity contribution in [3.05, 3.63) is 51.0 Å². The zero-order chi connectivity index (χ0) is 21.9. The van der Waals surface area contributed by atoms with E-state index >= 15 is 0 Å². The highest BCUT2D eigenvalue weighted by Gasteiger charge is 2.07. The third kappa shape index (κ3) is 9.96. The summed E-state index contributed by atoms with van der Waals surface area (Å²) in [5.74, 6) is 0.713. The Labute approximate surface area is 207 Å². The summed E-state index contributed by atoms with van der Waals surface area (Å²) in [5.41, 5.74) is 2.77. The molecule has 172 valence electrons. The van der Waals surface area contributed by atoms with Crippen LogP contribution in [0.5, 0.6) is 0 Å². The third-order valence-electron chi connectivity index (χ3n) is 4.50. The lowest BCUT2D eigenvalue weighted by Crippen LogP contribution is -2.38. The average molecular weight is 559 g/mol. The highest BCUT2D eigenvalue weighted by Crippen LogP contribution is 2.16. The monoisotopic (exact) mass is 558 g/mol. The molecule has 1 aromatic heterocycles. The van der Waals surface area contributed by atoms with Crippen LogP contribution in [-0.2, 0) is 13.0 Å². The highest BCUT2D eigenvalue weighted by molar-refractivity contribution is 14.0. The zero-order valence-corrected chi connectivity index (χ0v) is 22.3. The van der Waals surface area contributed by atoms with Gasteiger partial charge in [-0.2, -0.15) is 0 Å². The van der Waals surface area contributed by atoms with E-state index in [0.717, 1.165) is 48.3 Å². The van der Waals surface area contributed by atoms with Gasteiger partial charge in [-0.25, -0.2) is 9.98 Å². The average Bonchev–Trinajstić information content (AvgIpc) is 3.03. The molecule has 1 aromatic carbocycles. The minimum Gasteiger partial charge on any atom is -0.357 e. The molecule has 0 radical (unpaired) electrons. The second-order valence-corrected chi connectivity index (χ2v) is 8.67. The molecule has 1 heterocycles. The molecule has 0 saturated carbocycles. The van der Waals surface area contributed by atoms with E-state index in [2.05, 4.69) is 32.9 Å². The molecule has 2 aromatic rings. The number of hydrogen-bond donors (Lipinski definition) is 3. The molecule has 0 aliphatic rings. The predicted molar refractivity (Wildman–Crippen MR) is 141 cm³/mol. The molecule has 9 heteroatoms. The Bertz CT molecular complexity index is 833. The van der Waals surface area contributed by atoms with E-state index in [4.69, 9.17) is 0 Å². The molecular formula is C22H35IN6OS. The fraction of sp³-hybridized carbons (Fsp3) is 0.500. The number of nitrogens with zero attached hydrogens (tertiary/aromatic N) is 3. The molecule has 0 saturated heterocycles. The van der Waals surface area contributed by atoms with E-state index in [1.165, 1.54) is 4.88 Å². The predicted octanol–water partition coefficient (Wildman–Crippen LogP) is 2.97. The van der Waals surface area contributed by atoms with Gasteiger partial charge in [0.05, 0.1) is 17.2 Å². The standard InChI is InChI=1S/C22H34N6OS.HI/c1-6-23-22(25-11-10-20-27-16(2)17(3)30-20)26-15-18-8-7-9-19(14-18)21(29)24-12-13-28(4)5;/h7-9,14H,6,10-13,15H2,1-5H3,(H,24,29)(H2,23,25,26);1H. The SMILES string of the molecule is CCNC(=NCc1cccc(C(=O)NCCN(C)C)c1)NCCc1nc(C)c(C)s1.I. The van der Waals surface area contributed by atoms with Gasteiger partial charge in [0.25, 0.3) is 5.91 Å². The van der Waals surface area contributed by atoms with Crippen molar-refractivity contribution in [2.75, 3.05) is 40.3 Å². The maximum Gasteiger partial charge on any atom is 0.251 e. The Balaban J connectivity index is 0.00000480. The number of guanidine groups is 1. The molecule has 1 amide bonds. The Kier molecular flexibility index (Phi) is 12.7. The van der Waals surface area contributed by atoms with Gasteiger partial charge < -0.3 is 20.9 Å². The van der Waals surface area contributed by atoms with Gasteiger partial charge in [0.1, 0.15) is 0 Å². The topological polar surface area (TPSA) is 81.7 Å². The highest BCUT2D eigenvalue weighted by atomic mass is 127. The summed E-state index contributed by atoms with van der Waals surface area (Å²) in [5, 5.41) is 10.7. The van der Waals surface area contributed by atoms with Gasteiger partial charge in [-0.05, 0) is 52.6 Å². The summed E-state index contributed by atoms with van der Waals surface area (Å²) >= 11 is 1.75. The van der Waals surface area contributed by atoms with Crippen molar-refractivity contribution >= 4 is 47.2 Å².